The van der Waals surface area contributed by atoms with Gasteiger partial charge >= 0.3 is 12.1 Å². The molecule has 3 N–H and O–H groups in total. The summed E-state index contributed by atoms with van der Waals surface area (Å²) >= 11 is 0. The molecule has 2 aromatic heterocycles. The molecule has 0 saturated heterocycles. The molecule has 2 aromatic carbocycles. The van der Waals surface area contributed by atoms with Gasteiger partial charge in [0.2, 0.25) is 0 Å². The molecule has 0 saturated carbocycles. The van der Waals surface area contributed by atoms with E-state index in [-0.39, 0.29) is 5.69 Å². The van der Waals surface area contributed by atoms with Crippen molar-refractivity contribution in [3.63, 3.8) is 0 Å². The molecule has 0 aliphatic rings. The molecule has 0 unspecified atom stereocenters. The molecule has 10 heteroatoms. The van der Waals surface area contributed by atoms with Crippen LogP contribution in [0.1, 0.15) is 16.1 Å². The molecule has 0 aliphatic heterocycles. The molecule has 34 heavy (non-hydrogen) atoms. The average molecular weight is 472 g/mol. The zero-order chi connectivity index (χ0) is 24.6. The number of halogens is 3. The third kappa shape index (κ3) is 6.79. The second-order valence-electron chi connectivity index (χ2n) is 7.19. The maximum Gasteiger partial charge on any atom is 0.401 e. The third-order valence-electron chi connectivity index (χ3n) is 4.82. The number of methoxy groups -OCH3 is 1. The average Bonchev–Trinajstić information content (AvgIpc) is 3.25. The highest BCUT2D eigenvalue weighted by Gasteiger charge is 2.25. The molecule has 0 spiro atoms. The van der Waals surface area contributed by atoms with Crippen LogP contribution in [0, 0.1) is 0 Å². The largest absolute Gasteiger partial charge is 0.497 e. The van der Waals surface area contributed by atoms with Crippen molar-refractivity contribution in [2.75, 3.05) is 20.2 Å². The van der Waals surface area contributed by atoms with Gasteiger partial charge in [-0.15, -0.1) is 0 Å². The zero-order valence-corrected chi connectivity index (χ0v) is 18.3. The lowest BCUT2D eigenvalue weighted by Gasteiger charge is -2.07. The Bertz CT molecular complexity index is 1240. The minimum atomic E-state index is -4.14. The van der Waals surface area contributed by atoms with E-state index in [1.165, 1.54) is 12.4 Å². The number of aromatic amines is 1. The van der Waals surface area contributed by atoms with Crippen LogP contribution in [0.25, 0.3) is 22.2 Å². The Morgan fingerprint density at radius 1 is 1.12 bits per heavy atom. The fourth-order valence-electron chi connectivity index (χ4n) is 3.27. The van der Waals surface area contributed by atoms with Crippen LogP contribution in [0.4, 0.5) is 13.2 Å². The molecule has 7 nitrogen and oxygen atoms in total. The number of ether oxygens (including phenoxy) is 1. The van der Waals surface area contributed by atoms with Gasteiger partial charge in [0.05, 0.1) is 13.7 Å². The maximum absolute atomic E-state index is 11.9. The van der Waals surface area contributed by atoms with Gasteiger partial charge in [-0.05, 0) is 36.7 Å². The molecule has 0 bridgehead atoms. The third-order valence-corrected chi connectivity index (χ3v) is 4.82. The van der Waals surface area contributed by atoms with Gasteiger partial charge in [0, 0.05) is 35.1 Å². The number of carboxylic acids is 1. The lowest BCUT2D eigenvalue weighted by atomic mass is 10.1. The number of rotatable bonds is 7. The van der Waals surface area contributed by atoms with E-state index >= 15 is 0 Å². The van der Waals surface area contributed by atoms with Gasteiger partial charge < -0.3 is 20.1 Å². The summed E-state index contributed by atoms with van der Waals surface area (Å²) in [5.74, 6) is -0.458. The smallest absolute Gasteiger partial charge is 0.401 e. The van der Waals surface area contributed by atoms with Crippen LogP contribution < -0.4 is 10.1 Å². The molecular weight excluding hydrogens is 449 g/mol. The van der Waals surface area contributed by atoms with Gasteiger partial charge in [0.1, 0.15) is 11.4 Å². The van der Waals surface area contributed by atoms with E-state index < -0.39 is 18.7 Å². The molecule has 2 heterocycles. The number of hydrogen-bond acceptors (Lipinski definition) is 5. The molecule has 178 valence electrons. The summed E-state index contributed by atoms with van der Waals surface area (Å²) in [7, 11) is 1.55. The summed E-state index contributed by atoms with van der Waals surface area (Å²) < 4.78 is 40.8. The van der Waals surface area contributed by atoms with E-state index in [2.05, 4.69) is 20.3 Å². The summed E-state index contributed by atoms with van der Waals surface area (Å²) in [5, 5.41) is 12.5. The fraction of sp³-hybridized carbons (Fsp3) is 0.208. The summed E-state index contributed by atoms with van der Waals surface area (Å²) in [6.07, 6.45) is 1.11. The van der Waals surface area contributed by atoms with Crippen molar-refractivity contribution in [3.8, 4) is 17.0 Å². The van der Waals surface area contributed by atoms with Crippen molar-refractivity contribution >= 4 is 16.9 Å². The quantitative estimate of drug-likeness (QED) is 0.337. The van der Waals surface area contributed by atoms with E-state index in [9.17, 15) is 18.0 Å². The second kappa shape index (κ2) is 11.3. The molecule has 0 aliphatic carbocycles. The Morgan fingerprint density at radius 2 is 1.88 bits per heavy atom. The minimum absolute atomic E-state index is 0.0687. The van der Waals surface area contributed by atoms with E-state index in [4.69, 9.17) is 9.84 Å². The second-order valence-corrected chi connectivity index (χ2v) is 7.19. The molecule has 0 fully saturated rings. The van der Waals surface area contributed by atoms with Crippen molar-refractivity contribution in [3.05, 3.63) is 78.4 Å². The first-order valence-electron chi connectivity index (χ1n) is 10.3. The lowest BCUT2D eigenvalue weighted by molar-refractivity contribution is -0.124. The van der Waals surface area contributed by atoms with Crippen molar-refractivity contribution in [1.29, 1.82) is 0 Å². The van der Waals surface area contributed by atoms with Crippen LogP contribution in [0.3, 0.4) is 0 Å². The fourth-order valence-corrected chi connectivity index (χ4v) is 3.27. The first-order valence-corrected chi connectivity index (χ1v) is 10.3. The van der Waals surface area contributed by atoms with E-state index in [1.807, 2.05) is 30.5 Å². The summed E-state index contributed by atoms with van der Waals surface area (Å²) in [6, 6.07) is 14.8. The Hall–Kier alpha value is -3.92. The highest BCUT2D eigenvalue weighted by atomic mass is 19.4. The number of carboxylic acid groups (broad SMARTS) is 1. The Morgan fingerprint density at radius 3 is 2.62 bits per heavy atom. The number of aromatic nitrogens is 3. The number of nitrogens with zero attached hydrogens (tertiary/aromatic N) is 2. The number of H-pyrrole nitrogens is 1. The standard InChI is InChI=1S/C12H13F3N2.C12H10N2O3/c13-12(14,15)8-16-6-5-9-7-17-11-4-2-1-3-10(9)11;1-17-9-4-2-3-8(7-9)10-11(12(15)16)14-6-5-13-10/h1-4,7,16-17H,5-6,8H2;2-7H,1H3,(H,15,16). The van der Waals surface area contributed by atoms with Crippen LogP contribution in [-0.2, 0) is 6.42 Å². The van der Waals surface area contributed by atoms with Gasteiger partial charge in [-0.1, -0.05) is 30.3 Å². The molecule has 0 amide bonds. The monoisotopic (exact) mass is 472 g/mol. The number of benzene rings is 2. The van der Waals surface area contributed by atoms with Gasteiger partial charge in [-0.25, -0.2) is 9.78 Å². The molecule has 4 rings (SSSR count). The van der Waals surface area contributed by atoms with E-state index in [0.717, 1.165) is 16.5 Å². The number of aromatic carboxylic acids is 1. The number of alkyl halides is 3. The molecular formula is C24H23F3N4O3. The number of para-hydroxylation sites is 1. The van der Waals surface area contributed by atoms with Crippen LogP contribution in [-0.4, -0.2) is 52.4 Å². The SMILES string of the molecule is COc1cccc(-c2nccnc2C(=O)O)c1.FC(F)(F)CNCCc1c[nH]c2ccccc12. The Labute approximate surface area is 193 Å². The van der Waals surface area contributed by atoms with Crippen LogP contribution >= 0.6 is 0 Å². The van der Waals surface area contributed by atoms with Crippen molar-refractivity contribution < 1.29 is 27.8 Å². The van der Waals surface area contributed by atoms with Gasteiger partial charge in [0.15, 0.2) is 5.69 Å². The van der Waals surface area contributed by atoms with Crippen LogP contribution in [0.5, 0.6) is 5.75 Å². The molecule has 0 atom stereocenters. The Kier molecular flexibility index (Phi) is 8.20. The van der Waals surface area contributed by atoms with Gasteiger partial charge in [0.25, 0.3) is 0 Å². The molecule has 0 radical (unpaired) electrons. The van der Waals surface area contributed by atoms with Crippen molar-refractivity contribution in [2.24, 2.45) is 0 Å². The summed E-state index contributed by atoms with van der Waals surface area (Å²) in [4.78, 5) is 22.0. The van der Waals surface area contributed by atoms with Crippen molar-refractivity contribution in [1.82, 2.24) is 20.3 Å². The summed E-state index contributed by atoms with van der Waals surface area (Å²) in [5.41, 5.74) is 2.98. The number of fused-ring (bicyclic) bond motifs is 1. The van der Waals surface area contributed by atoms with Crippen molar-refractivity contribution in [2.45, 2.75) is 12.6 Å². The first-order chi connectivity index (χ1) is 16.3. The number of nitrogens with one attached hydrogen (secondary N) is 2. The first kappa shape index (κ1) is 24.7. The van der Waals surface area contributed by atoms with Crippen LogP contribution in [0.2, 0.25) is 0 Å². The lowest BCUT2D eigenvalue weighted by Crippen LogP contribution is -2.30. The Balaban J connectivity index is 0.000000191. The van der Waals surface area contributed by atoms with Gasteiger partial charge in [-0.3, -0.25) is 4.98 Å². The number of carbonyl (C=O) groups is 1. The normalized spacial score (nSPS) is 11.1. The predicted octanol–water partition coefficient (Wildman–Crippen LogP) is 4.71. The van der Waals surface area contributed by atoms with Gasteiger partial charge in [-0.2, -0.15) is 13.2 Å². The maximum atomic E-state index is 11.9. The molecule has 4 aromatic rings. The highest BCUT2D eigenvalue weighted by molar-refractivity contribution is 5.92. The van der Waals surface area contributed by atoms with E-state index in [0.29, 0.717) is 30.0 Å². The predicted molar refractivity (Wildman–Crippen MR) is 122 cm³/mol. The minimum Gasteiger partial charge on any atom is -0.497 e. The zero-order valence-electron chi connectivity index (χ0n) is 18.3. The van der Waals surface area contributed by atoms with Crippen LogP contribution in [0.15, 0.2) is 67.1 Å². The highest BCUT2D eigenvalue weighted by Crippen LogP contribution is 2.24. The van der Waals surface area contributed by atoms with E-state index in [1.54, 1.807) is 31.4 Å². The number of hydrogen-bond donors (Lipinski definition) is 3. The summed E-state index contributed by atoms with van der Waals surface area (Å²) in [6.45, 7) is -0.614. The topological polar surface area (TPSA) is 100 Å².